The fourth-order valence-electron chi connectivity index (χ4n) is 8.35. The Hall–Kier alpha value is -1.32. The maximum Gasteiger partial charge on any atom is 0.332 e. The third-order valence-corrected chi connectivity index (χ3v) is 10.00. The Kier molecular flexibility index (Phi) is 8.15. The van der Waals surface area contributed by atoms with E-state index in [-0.39, 0.29) is 5.41 Å². The number of hydrogen-bond acceptors (Lipinski definition) is 2. The van der Waals surface area contributed by atoms with Crippen molar-refractivity contribution >= 4 is 11.7 Å². The number of allylic oxidation sites excluding steroid dienone is 1. The van der Waals surface area contributed by atoms with Crippen LogP contribution in [0.25, 0.3) is 0 Å². The first-order valence-corrected chi connectivity index (χ1v) is 13.4. The van der Waals surface area contributed by atoms with E-state index in [9.17, 15) is 4.79 Å². The van der Waals surface area contributed by atoms with Crippen LogP contribution in [-0.2, 0) is 0 Å². The Balaban J connectivity index is 1.78. The van der Waals surface area contributed by atoms with Crippen molar-refractivity contribution in [1.29, 1.82) is 0 Å². The Labute approximate surface area is 197 Å². The van der Waals surface area contributed by atoms with Crippen LogP contribution in [0, 0.1) is 46.3 Å². The van der Waals surface area contributed by atoms with Gasteiger partial charge in [0.25, 0.3) is 0 Å². The lowest BCUT2D eigenvalue weighted by Crippen LogP contribution is -2.53. The van der Waals surface area contributed by atoms with E-state index in [1.165, 1.54) is 51.4 Å². The number of fused-ring (bicyclic) bond motifs is 3. The summed E-state index contributed by atoms with van der Waals surface area (Å²) < 4.78 is 0. The monoisotopic (exact) mass is 443 g/mol. The minimum atomic E-state index is -0.563. The Morgan fingerprint density at radius 2 is 1.94 bits per heavy atom. The van der Waals surface area contributed by atoms with Crippen LogP contribution in [0.4, 0.5) is 4.79 Å². The zero-order valence-corrected chi connectivity index (χ0v) is 21.5. The van der Waals surface area contributed by atoms with Gasteiger partial charge in [-0.3, -0.25) is 0 Å². The van der Waals surface area contributed by atoms with E-state index in [1.54, 1.807) is 0 Å². The third kappa shape index (κ3) is 4.94. The molecule has 3 aliphatic rings. The summed E-state index contributed by atoms with van der Waals surface area (Å²) in [7, 11) is 0. The highest BCUT2D eigenvalue weighted by Crippen LogP contribution is 2.66. The maximum atomic E-state index is 11.3. The first kappa shape index (κ1) is 25.3. The number of urea groups is 1. The molecule has 182 valence electrons. The number of amides is 2. The number of nitrogens with two attached hydrogens (primary N) is 1. The van der Waals surface area contributed by atoms with E-state index in [4.69, 9.17) is 5.73 Å². The minimum absolute atomic E-state index is 0.0296. The number of rotatable bonds is 9. The first-order valence-electron chi connectivity index (χ1n) is 13.4. The molecule has 0 radical (unpaired) electrons. The Bertz CT molecular complexity index is 701. The molecule has 0 bridgehead atoms. The predicted octanol–water partition coefficient (Wildman–Crippen LogP) is 7.30. The van der Waals surface area contributed by atoms with Crippen LogP contribution in [0.15, 0.2) is 17.8 Å². The molecule has 0 unspecified atom stereocenters. The van der Waals surface area contributed by atoms with Crippen molar-refractivity contribution < 1.29 is 4.79 Å². The first-order chi connectivity index (χ1) is 15.1. The van der Waals surface area contributed by atoms with E-state index in [0.29, 0.717) is 11.3 Å². The Morgan fingerprint density at radius 1 is 1.19 bits per heavy atom. The number of nitrogens with zero attached hydrogens (tertiary/aromatic N) is 1. The molecule has 0 aromatic carbocycles. The van der Waals surface area contributed by atoms with Crippen molar-refractivity contribution in [2.75, 3.05) is 0 Å². The van der Waals surface area contributed by atoms with Gasteiger partial charge in [0.05, 0.1) is 0 Å². The molecule has 3 aliphatic carbocycles. The van der Waals surface area contributed by atoms with Crippen LogP contribution in [-0.4, -0.2) is 11.7 Å². The summed E-state index contributed by atoms with van der Waals surface area (Å²) in [6, 6.07) is -0.563. The topological polar surface area (TPSA) is 67.5 Å². The molecule has 7 atom stereocenters. The molecule has 3 rings (SSSR count). The van der Waals surface area contributed by atoms with Crippen LogP contribution in [0.5, 0.6) is 0 Å². The van der Waals surface area contributed by atoms with E-state index in [1.807, 2.05) is 6.08 Å². The van der Waals surface area contributed by atoms with E-state index < -0.39 is 6.03 Å². The second-order valence-corrected chi connectivity index (χ2v) is 12.2. The van der Waals surface area contributed by atoms with Crippen LogP contribution < -0.4 is 11.2 Å². The summed E-state index contributed by atoms with van der Waals surface area (Å²) in [5.74, 6) is 4.81. The fourth-order valence-corrected chi connectivity index (χ4v) is 8.35. The van der Waals surface area contributed by atoms with Crippen LogP contribution in [0.3, 0.4) is 0 Å². The van der Waals surface area contributed by atoms with E-state index in [0.717, 1.165) is 54.6 Å². The molecular weight excluding hydrogens is 394 g/mol. The average Bonchev–Trinajstić information content (AvgIpc) is 3.08. The number of carbonyl (C=O) groups excluding carboxylic acids is 1. The zero-order chi connectivity index (χ0) is 23.5. The van der Waals surface area contributed by atoms with Gasteiger partial charge in [0, 0.05) is 11.1 Å². The van der Waals surface area contributed by atoms with Gasteiger partial charge in [-0.1, -0.05) is 60.0 Å². The fraction of sp³-hybridized carbons (Fsp3) is 0.857. The summed E-state index contributed by atoms with van der Waals surface area (Å²) in [6.07, 6.45) is 15.9. The van der Waals surface area contributed by atoms with E-state index in [2.05, 4.69) is 51.7 Å². The van der Waals surface area contributed by atoms with E-state index >= 15 is 0 Å². The van der Waals surface area contributed by atoms with Gasteiger partial charge >= 0.3 is 6.03 Å². The van der Waals surface area contributed by atoms with Gasteiger partial charge in [-0.25, -0.2) is 10.2 Å². The lowest BCUT2D eigenvalue weighted by atomic mass is 9.47. The highest BCUT2D eigenvalue weighted by Gasteiger charge is 2.59. The highest BCUT2D eigenvalue weighted by atomic mass is 16.2. The van der Waals surface area contributed by atoms with Gasteiger partial charge in [-0.05, 0) is 92.3 Å². The normalized spacial score (nSPS) is 38.9. The second-order valence-electron chi connectivity index (χ2n) is 12.2. The summed E-state index contributed by atoms with van der Waals surface area (Å²) in [6.45, 7) is 16.3. The zero-order valence-electron chi connectivity index (χ0n) is 21.5. The van der Waals surface area contributed by atoms with Gasteiger partial charge in [0.1, 0.15) is 0 Å². The molecule has 3 saturated carbocycles. The molecule has 4 heteroatoms. The van der Waals surface area contributed by atoms with Gasteiger partial charge in [0.15, 0.2) is 0 Å². The van der Waals surface area contributed by atoms with Crippen molar-refractivity contribution in [3.63, 3.8) is 0 Å². The predicted molar refractivity (Wildman–Crippen MR) is 135 cm³/mol. The second kappa shape index (κ2) is 10.3. The van der Waals surface area contributed by atoms with Crippen molar-refractivity contribution in [3.05, 3.63) is 12.7 Å². The molecule has 3 fully saturated rings. The smallest absolute Gasteiger partial charge is 0.332 e. The lowest BCUT2D eigenvalue weighted by molar-refractivity contribution is -0.0439. The molecule has 0 aromatic heterocycles. The average molecular weight is 444 g/mol. The largest absolute Gasteiger partial charge is 0.350 e. The SMILES string of the molecule is C=CCC[C@]1(C)/C(=N\NC(N)=O)CC[C@H]2[C@H]1CC[C@]1(C)[C@@H]([C@@H](C)CCCC(C)C)CC[C@@H]21. The van der Waals surface area contributed by atoms with Crippen molar-refractivity contribution in [2.45, 2.75) is 105 Å². The molecule has 0 aliphatic heterocycles. The molecule has 0 aromatic rings. The van der Waals surface area contributed by atoms with Crippen LogP contribution in [0.1, 0.15) is 105 Å². The van der Waals surface area contributed by atoms with Crippen molar-refractivity contribution in [2.24, 2.45) is 57.2 Å². The van der Waals surface area contributed by atoms with Gasteiger partial charge in [0.2, 0.25) is 0 Å². The van der Waals surface area contributed by atoms with Gasteiger partial charge in [-0.2, -0.15) is 5.10 Å². The molecule has 2 amide bonds. The summed E-state index contributed by atoms with van der Waals surface area (Å²) in [4.78, 5) is 11.3. The highest BCUT2D eigenvalue weighted by molar-refractivity contribution is 5.92. The summed E-state index contributed by atoms with van der Waals surface area (Å²) in [5, 5.41) is 4.53. The van der Waals surface area contributed by atoms with Gasteiger partial charge < -0.3 is 5.73 Å². The molecule has 4 nitrogen and oxygen atoms in total. The molecule has 0 saturated heterocycles. The van der Waals surface area contributed by atoms with Gasteiger partial charge in [-0.15, -0.1) is 6.58 Å². The number of primary amides is 1. The van der Waals surface area contributed by atoms with Crippen LogP contribution in [0.2, 0.25) is 0 Å². The van der Waals surface area contributed by atoms with Crippen molar-refractivity contribution in [1.82, 2.24) is 5.43 Å². The maximum absolute atomic E-state index is 11.3. The van der Waals surface area contributed by atoms with Crippen molar-refractivity contribution in [3.8, 4) is 0 Å². The molecule has 0 heterocycles. The minimum Gasteiger partial charge on any atom is -0.350 e. The number of hydrazone groups is 1. The molecule has 3 N–H and O–H groups in total. The summed E-state index contributed by atoms with van der Waals surface area (Å²) >= 11 is 0. The lowest BCUT2D eigenvalue weighted by Gasteiger charge is -2.57. The Morgan fingerprint density at radius 3 is 2.59 bits per heavy atom. The number of carbonyl (C=O) groups is 1. The number of nitrogens with one attached hydrogen (secondary N) is 1. The number of hydrogen-bond donors (Lipinski definition) is 2. The molecule has 32 heavy (non-hydrogen) atoms. The molecular formula is C28H49N3O. The molecule has 0 spiro atoms. The quantitative estimate of drug-likeness (QED) is 0.285. The van der Waals surface area contributed by atoms with Crippen LogP contribution >= 0.6 is 0 Å². The standard InChI is InChI=1S/C28H49N3O/c1-7-8-17-28(6)24-16-18-27(5)22(20(4)11-9-10-19(2)3)13-14-23(27)21(24)12-15-25(28)30-31-26(29)32/h7,19-24H,1,8-18H2,2-6H3,(H3,29,31,32)/b30-25-/t20-,21+,22+,23-,24+,27+,28-/m0/s1. The summed E-state index contributed by atoms with van der Waals surface area (Å²) in [5.41, 5.74) is 9.57. The third-order valence-electron chi connectivity index (χ3n) is 10.00.